The number of hydrogen-bond acceptors (Lipinski definition) is 8. The first-order valence-corrected chi connectivity index (χ1v) is 11.1. The number of carbonyl (C=O) groups excluding carboxylic acids is 1. The van der Waals surface area contributed by atoms with E-state index in [-0.39, 0.29) is 17.2 Å². The second-order valence-corrected chi connectivity index (χ2v) is 8.43. The first-order valence-electron chi connectivity index (χ1n) is 9.35. The van der Waals surface area contributed by atoms with Gasteiger partial charge in [0.2, 0.25) is 16.8 Å². The van der Waals surface area contributed by atoms with Crippen LogP contribution in [-0.4, -0.2) is 41.0 Å². The highest BCUT2D eigenvalue weighted by Crippen LogP contribution is 2.22. The Kier molecular flexibility index (Phi) is 5.91. The Morgan fingerprint density at radius 2 is 2.10 bits per heavy atom. The van der Waals surface area contributed by atoms with Crippen LogP contribution in [0.25, 0.3) is 16.7 Å². The number of amides is 1. The smallest absolute Gasteiger partial charge is 0.263 e. The van der Waals surface area contributed by atoms with E-state index in [0.29, 0.717) is 33.5 Å². The van der Waals surface area contributed by atoms with Crippen molar-refractivity contribution < 1.29 is 4.79 Å². The van der Waals surface area contributed by atoms with Crippen molar-refractivity contribution in [3.63, 3.8) is 0 Å². The Hall–Kier alpha value is -3.05. The van der Waals surface area contributed by atoms with Crippen LogP contribution in [-0.2, 0) is 17.8 Å². The number of nitrogens with one attached hydrogen (secondary N) is 1. The van der Waals surface area contributed by atoms with Gasteiger partial charge in [0.15, 0.2) is 5.16 Å². The molecular weight excluding hydrogens is 422 g/mol. The lowest BCUT2D eigenvalue weighted by molar-refractivity contribution is -0.113. The average Bonchev–Trinajstić information content (AvgIpc) is 3.37. The molecule has 0 saturated heterocycles. The quantitative estimate of drug-likeness (QED) is 0.331. The van der Waals surface area contributed by atoms with Gasteiger partial charge in [-0.1, -0.05) is 48.2 Å². The van der Waals surface area contributed by atoms with Crippen molar-refractivity contribution in [2.45, 2.75) is 31.5 Å². The zero-order chi connectivity index (χ0) is 21.1. The van der Waals surface area contributed by atoms with E-state index in [2.05, 4.69) is 39.2 Å². The molecule has 11 heteroatoms. The van der Waals surface area contributed by atoms with Crippen LogP contribution in [0.4, 0.5) is 5.13 Å². The molecule has 0 aliphatic rings. The molecule has 1 amide bonds. The monoisotopic (exact) mass is 441 g/mol. The van der Waals surface area contributed by atoms with Gasteiger partial charge in [0.25, 0.3) is 5.56 Å². The van der Waals surface area contributed by atoms with Crippen LogP contribution in [0.2, 0.25) is 0 Å². The Balaban J connectivity index is 1.61. The summed E-state index contributed by atoms with van der Waals surface area (Å²) < 4.78 is 3.31. The Morgan fingerprint density at radius 1 is 1.27 bits per heavy atom. The highest BCUT2D eigenvalue weighted by atomic mass is 32.2. The summed E-state index contributed by atoms with van der Waals surface area (Å²) in [6.07, 6.45) is 3.46. The molecule has 3 aromatic heterocycles. The van der Waals surface area contributed by atoms with Crippen LogP contribution < -0.4 is 10.9 Å². The maximum absolute atomic E-state index is 12.8. The fraction of sp³-hybridized carbons (Fsp3) is 0.263. The third-order valence-electron chi connectivity index (χ3n) is 4.30. The third kappa shape index (κ3) is 3.85. The van der Waals surface area contributed by atoms with E-state index in [9.17, 15) is 9.59 Å². The first-order chi connectivity index (χ1) is 14.6. The van der Waals surface area contributed by atoms with Crippen LogP contribution >= 0.6 is 23.1 Å². The number of fused-ring (bicyclic) bond motifs is 3. The molecule has 30 heavy (non-hydrogen) atoms. The van der Waals surface area contributed by atoms with Crippen LogP contribution in [0.3, 0.4) is 0 Å². The number of rotatable bonds is 8. The number of nitrogens with zero attached hydrogens (tertiary/aromatic N) is 6. The zero-order valence-electron chi connectivity index (χ0n) is 16.2. The lowest BCUT2D eigenvalue weighted by Crippen LogP contribution is -2.22. The molecule has 4 aromatic rings. The fourth-order valence-corrected chi connectivity index (χ4v) is 4.62. The van der Waals surface area contributed by atoms with Crippen LogP contribution in [0.5, 0.6) is 0 Å². The number of aryl methyl sites for hydroxylation is 1. The summed E-state index contributed by atoms with van der Waals surface area (Å²) in [5.41, 5.74) is 0.540. The lowest BCUT2D eigenvalue weighted by atomic mass is 10.2. The molecule has 1 N–H and O–H groups in total. The Bertz CT molecular complexity index is 1290. The second kappa shape index (κ2) is 8.76. The summed E-state index contributed by atoms with van der Waals surface area (Å²) in [7, 11) is 0. The number of benzene rings is 1. The summed E-state index contributed by atoms with van der Waals surface area (Å²) >= 11 is 2.62. The van der Waals surface area contributed by atoms with Gasteiger partial charge < -0.3 is 0 Å². The molecule has 4 rings (SSSR count). The highest BCUT2D eigenvalue weighted by Gasteiger charge is 2.17. The first kappa shape index (κ1) is 20.2. The van der Waals surface area contributed by atoms with Gasteiger partial charge in [-0.3, -0.25) is 23.9 Å². The second-order valence-electron chi connectivity index (χ2n) is 6.43. The topological polar surface area (TPSA) is 107 Å². The molecule has 0 saturated carbocycles. The van der Waals surface area contributed by atoms with Gasteiger partial charge in [0.1, 0.15) is 5.01 Å². The summed E-state index contributed by atoms with van der Waals surface area (Å²) in [5, 5.41) is 21.7. The standard InChI is InChI=1S/C19H19N7O2S2/c1-3-7-15-21-22-17(30-15)20-14(27)11-29-19-24-23-18-25(10-4-2)16(28)12-8-5-6-9-13(12)26(18)19/h4-6,8-9H,2-3,7,10-11H2,1H3,(H,20,22,27). The van der Waals surface area contributed by atoms with Crippen LogP contribution in [0, 0.1) is 0 Å². The molecule has 0 fully saturated rings. The molecule has 0 atom stereocenters. The Morgan fingerprint density at radius 3 is 2.90 bits per heavy atom. The van der Waals surface area contributed by atoms with Crippen molar-refractivity contribution in [1.29, 1.82) is 0 Å². The lowest BCUT2D eigenvalue weighted by Gasteiger charge is -2.09. The van der Waals surface area contributed by atoms with E-state index < -0.39 is 0 Å². The van der Waals surface area contributed by atoms with Gasteiger partial charge in [-0.25, -0.2) is 0 Å². The van der Waals surface area contributed by atoms with E-state index in [1.807, 2.05) is 18.2 Å². The van der Waals surface area contributed by atoms with Crippen molar-refractivity contribution in [2.75, 3.05) is 11.1 Å². The molecule has 0 radical (unpaired) electrons. The summed E-state index contributed by atoms with van der Waals surface area (Å²) in [6.45, 7) is 6.10. The third-order valence-corrected chi connectivity index (χ3v) is 6.13. The molecule has 0 spiro atoms. The van der Waals surface area contributed by atoms with Crippen molar-refractivity contribution in [2.24, 2.45) is 0 Å². The maximum atomic E-state index is 12.8. The van der Waals surface area contributed by atoms with Crippen molar-refractivity contribution in [1.82, 2.24) is 29.4 Å². The van der Waals surface area contributed by atoms with Crippen molar-refractivity contribution >= 4 is 50.8 Å². The van der Waals surface area contributed by atoms with Gasteiger partial charge in [0.05, 0.1) is 16.7 Å². The molecule has 0 bridgehead atoms. The summed E-state index contributed by atoms with van der Waals surface area (Å²) in [4.78, 5) is 25.2. The molecule has 3 heterocycles. The molecule has 154 valence electrons. The van der Waals surface area contributed by atoms with E-state index in [0.717, 1.165) is 17.8 Å². The Labute approximate surface area is 179 Å². The van der Waals surface area contributed by atoms with Gasteiger partial charge >= 0.3 is 0 Å². The summed E-state index contributed by atoms with van der Waals surface area (Å²) in [5.74, 6) is 0.327. The summed E-state index contributed by atoms with van der Waals surface area (Å²) in [6, 6.07) is 7.27. The highest BCUT2D eigenvalue weighted by molar-refractivity contribution is 7.99. The minimum atomic E-state index is -0.209. The van der Waals surface area contributed by atoms with Gasteiger partial charge in [-0.2, -0.15) is 0 Å². The van der Waals surface area contributed by atoms with Gasteiger partial charge in [-0.05, 0) is 18.6 Å². The number of allylic oxidation sites excluding steroid dienone is 1. The number of para-hydroxylation sites is 1. The SMILES string of the molecule is C=CCn1c(=O)c2ccccc2n2c(SCC(=O)Nc3nnc(CCC)s3)nnc12. The largest absolute Gasteiger partial charge is 0.300 e. The minimum Gasteiger partial charge on any atom is -0.300 e. The van der Waals surface area contributed by atoms with Crippen molar-refractivity contribution in [3.8, 4) is 0 Å². The van der Waals surface area contributed by atoms with E-state index in [1.165, 1.54) is 27.7 Å². The number of anilines is 1. The predicted octanol–water partition coefficient (Wildman–Crippen LogP) is 2.77. The van der Waals surface area contributed by atoms with Gasteiger partial charge in [0, 0.05) is 13.0 Å². The minimum absolute atomic E-state index is 0.123. The predicted molar refractivity (Wildman–Crippen MR) is 118 cm³/mol. The zero-order valence-corrected chi connectivity index (χ0v) is 17.9. The molecular formula is C19H19N7O2S2. The van der Waals surface area contributed by atoms with E-state index in [1.54, 1.807) is 16.5 Å². The average molecular weight is 442 g/mol. The molecule has 0 unspecified atom stereocenters. The molecule has 1 aromatic carbocycles. The van der Waals surface area contributed by atoms with E-state index in [4.69, 9.17) is 0 Å². The number of aromatic nitrogens is 6. The number of thioether (sulfide) groups is 1. The number of carbonyl (C=O) groups is 1. The van der Waals surface area contributed by atoms with Gasteiger partial charge in [-0.15, -0.1) is 27.0 Å². The molecule has 0 aliphatic carbocycles. The fourth-order valence-electron chi connectivity index (χ4n) is 3.03. The molecule has 0 aliphatic heterocycles. The maximum Gasteiger partial charge on any atom is 0.263 e. The van der Waals surface area contributed by atoms with Crippen LogP contribution in [0.1, 0.15) is 18.4 Å². The number of hydrogen-bond donors (Lipinski definition) is 1. The molecule has 9 nitrogen and oxygen atoms in total. The van der Waals surface area contributed by atoms with E-state index >= 15 is 0 Å². The van der Waals surface area contributed by atoms with Crippen molar-refractivity contribution in [3.05, 3.63) is 52.3 Å². The normalized spacial score (nSPS) is 11.2. The van der Waals surface area contributed by atoms with Crippen LogP contribution in [0.15, 0.2) is 46.9 Å².